The normalized spacial score (nSPS) is 18.9. The second-order valence-corrected chi connectivity index (χ2v) is 8.88. The number of hydrogen-bond donors (Lipinski definition) is 1. The van der Waals surface area contributed by atoms with E-state index in [4.69, 9.17) is 9.47 Å². The predicted octanol–water partition coefficient (Wildman–Crippen LogP) is 4.76. The van der Waals surface area contributed by atoms with Crippen molar-refractivity contribution in [2.75, 3.05) is 11.0 Å². The zero-order valence-electron chi connectivity index (χ0n) is 16.5. The van der Waals surface area contributed by atoms with Crippen molar-refractivity contribution in [2.45, 2.75) is 51.2 Å². The number of fused-ring (bicyclic) bond motifs is 2. The first-order valence-electron chi connectivity index (χ1n) is 9.51. The second kappa shape index (κ2) is 8.68. The molecule has 1 aromatic carbocycles. The molecule has 0 spiro atoms. The lowest BCUT2D eigenvalue weighted by Gasteiger charge is -2.23. The van der Waals surface area contributed by atoms with Crippen LogP contribution in [0.3, 0.4) is 0 Å². The van der Waals surface area contributed by atoms with Crippen molar-refractivity contribution in [1.82, 2.24) is 5.32 Å². The Kier molecular flexibility index (Phi) is 6.47. The number of hydrogen-bond acceptors (Lipinski definition) is 4. The first kappa shape index (κ1) is 20.9. The maximum atomic E-state index is 12.3. The summed E-state index contributed by atoms with van der Waals surface area (Å²) in [5.41, 5.74) is 4.44. The summed E-state index contributed by atoms with van der Waals surface area (Å²) < 4.78 is 11.3. The molecule has 2 aliphatic rings. The quantitative estimate of drug-likeness (QED) is 0.364. The molecule has 2 aliphatic carbocycles. The van der Waals surface area contributed by atoms with Gasteiger partial charge in [0.25, 0.3) is 0 Å². The molecule has 3 rings (SSSR count). The fraction of sp³-hybridized carbons (Fsp3) is 0.455. The Bertz CT molecular complexity index is 822. The number of alkyl halides is 1. The first-order valence-corrected chi connectivity index (χ1v) is 11.0. The molecule has 1 aromatic rings. The Hall–Kier alpha value is -1.83. The van der Waals surface area contributed by atoms with Crippen LogP contribution in [0.1, 0.15) is 50.7 Å². The van der Waals surface area contributed by atoms with Gasteiger partial charge in [0.15, 0.2) is 0 Å². The summed E-state index contributed by atoms with van der Waals surface area (Å²) in [6, 6.07) is 7.57. The SMILES string of the molecule is CC(C)(C)OC(=O)[C@H](CI)NC(=O)OCC1C2=C(CCC=C2)c2ccccc21. The summed E-state index contributed by atoms with van der Waals surface area (Å²) in [5.74, 6) is -0.418. The lowest BCUT2D eigenvalue weighted by molar-refractivity contribution is -0.156. The summed E-state index contributed by atoms with van der Waals surface area (Å²) in [4.78, 5) is 24.6. The smallest absolute Gasteiger partial charge is 0.407 e. The molecule has 1 unspecified atom stereocenters. The molecule has 28 heavy (non-hydrogen) atoms. The minimum atomic E-state index is -0.729. The van der Waals surface area contributed by atoms with Gasteiger partial charge in [-0.05, 0) is 55.9 Å². The predicted molar refractivity (Wildman–Crippen MR) is 117 cm³/mol. The van der Waals surface area contributed by atoms with E-state index in [1.165, 1.54) is 22.3 Å². The van der Waals surface area contributed by atoms with Crippen LogP contribution in [0.25, 0.3) is 5.57 Å². The fourth-order valence-corrected chi connectivity index (χ4v) is 4.18. The van der Waals surface area contributed by atoms with Crippen LogP contribution >= 0.6 is 22.6 Å². The minimum absolute atomic E-state index is 0.0353. The number of carbonyl (C=O) groups is 2. The molecule has 1 amide bonds. The largest absolute Gasteiger partial charge is 0.458 e. The fourth-order valence-electron chi connectivity index (χ4n) is 3.60. The summed E-state index contributed by atoms with van der Waals surface area (Å²) in [6.45, 7) is 5.64. The van der Waals surface area contributed by atoms with Gasteiger partial charge in [0.2, 0.25) is 0 Å². The topological polar surface area (TPSA) is 64.6 Å². The lowest BCUT2D eigenvalue weighted by atomic mass is 9.93. The van der Waals surface area contributed by atoms with Gasteiger partial charge in [-0.15, -0.1) is 0 Å². The molecule has 6 heteroatoms. The first-order chi connectivity index (χ1) is 13.3. The number of amides is 1. The maximum absolute atomic E-state index is 12.3. The van der Waals surface area contributed by atoms with Gasteiger partial charge < -0.3 is 14.8 Å². The highest BCUT2D eigenvalue weighted by Gasteiger charge is 2.32. The lowest BCUT2D eigenvalue weighted by Crippen LogP contribution is -2.45. The van der Waals surface area contributed by atoms with Crippen LogP contribution in [-0.4, -0.2) is 34.7 Å². The van der Waals surface area contributed by atoms with Gasteiger partial charge in [0.05, 0.1) is 0 Å². The number of esters is 1. The van der Waals surface area contributed by atoms with E-state index in [1.54, 1.807) is 20.8 Å². The molecule has 0 fully saturated rings. The van der Waals surface area contributed by atoms with Crippen molar-refractivity contribution in [3.05, 3.63) is 53.1 Å². The Labute approximate surface area is 179 Å². The number of rotatable bonds is 5. The highest BCUT2D eigenvalue weighted by atomic mass is 127. The van der Waals surface area contributed by atoms with Crippen LogP contribution in [0.4, 0.5) is 4.79 Å². The Morgan fingerprint density at radius 2 is 2.04 bits per heavy atom. The molecule has 0 bridgehead atoms. The molecular formula is C22H26INO4. The van der Waals surface area contributed by atoms with Crippen LogP contribution in [0.15, 0.2) is 42.0 Å². The van der Waals surface area contributed by atoms with E-state index in [1.807, 2.05) is 12.1 Å². The van der Waals surface area contributed by atoms with E-state index >= 15 is 0 Å². The third-order valence-electron chi connectivity index (χ3n) is 4.76. The number of alkyl carbamates (subject to hydrolysis) is 1. The van der Waals surface area contributed by atoms with E-state index in [2.05, 4.69) is 52.2 Å². The van der Waals surface area contributed by atoms with Crippen LogP contribution in [0.5, 0.6) is 0 Å². The zero-order valence-corrected chi connectivity index (χ0v) is 18.6. The minimum Gasteiger partial charge on any atom is -0.458 e. The van der Waals surface area contributed by atoms with Gasteiger partial charge in [0, 0.05) is 10.3 Å². The molecule has 0 saturated heterocycles. The number of ether oxygens (including phenoxy) is 2. The monoisotopic (exact) mass is 495 g/mol. The van der Waals surface area contributed by atoms with Gasteiger partial charge in [-0.25, -0.2) is 9.59 Å². The van der Waals surface area contributed by atoms with Crippen molar-refractivity contribution in [1.29, 1.82) is 0 Å². The van der Waals surface area contributed by atoms with Gasteiger partial charge in [-0.1, -0.05) is 59.0 Å². The number of nitrogens with one attached hydrogen (secondary N) is 1. The third kappa shape index (κ3) is 4.77. The molecule has 0 radical (unpaired) electrons. The Morgan fingerprint density at radius 1 is 1.29 bits per heavy atom. The second-order valence-electron chi connectivity index (χ2n) is 8.00. The molecule has 0 aliphatic heterocycles. The molecule has 1 N–H and O–H groups in total. The summed E-state index contributed by atoms with van der Waals surface area (Å²) >= 11 is 2.05. The summed E-state index contributed by atoms with van der Waals surface area (Å²) in [5, 5.41) is 2.63. The van der Waals surface area contributed by atoms with Crippen molar-refractivity contribution in [3.8, 4) is 0 Å². The van der Waals surface area contributed by atoms with Gasteiger partial charge in [0.1, 0.15) is 18.2 Å². The van der Waals surface area contributed by atoms with E-state index in [0.717, 1.165) is 12.8 Å². The average molecular weight is 495 g/mol. The molecular weight excluding hydrogens is 469 g/mol. The molecule has 150 valence electrons. The molecule has 2 atom stereocenters. The Morgan fingerprint density at radius 3 is 2.75 bits per heavy atom. The highest BCUT2D eigenvalue weighted by molar-refractivity contribution is 14.1. The van der Waals surface area contributed by atoms with Crippen LogP contribution in [0, 0.1) is 0 Å². The Balaban J connectivity index is 1.63. The van der Waals surface area contributed by atoms with Crippen molar-refractivity contribution < 1.29 is 19.1 Å². The van der Waals surface area contributed by atoms with Crippen LogP contribution in [0.2, 0.25) is 0 Å². The van der Waals surface area contributed by atoms with Gasteiger partial charge in [-0.3, -0.25) is 0 Å². The van der Waals surface area contributed by atoms with Crippen LogP contribution < -0.4 is 5.32 Å². The zero-order chi connectivity index (χ0) is 20.3. The van der Waals surface area contributed by atoms with E-state index < -0.39 is 23.7 Å². The van der Waals surface area contributed by atoms with Crippen molar-refractivity contribution >= 4 is 40.2 Å². The molecule has 0 aromatic heterocycles. The van der Waals surface area contributed by atoms with E-state index in [9.17, 15) is 9.59 Å². The number of benzene rings is 1. The summed E-state index contributed by atoms with van der Waals surface area (Å²) in [7, 11) is 0. The number of allylic oxidation sites excluding steroid dienone is 3. The highest BCUT2D eigenvalue weighted by Crippen LogP contribution is 2.46. The number of halogens is 1. The standard InChI is InChI=1S/C22H26INO4/c1-22(2,3)28-20(25)19(12-23)24-21(26)27-13-18-16-10-6-4-8-14(16)15-9-5-7-11-17(15)18/h4,6-8,10-11,18-19H,5,9,12-13H2,1-3H3,(H,24,26)/t18?,19-/m0/s1. The van der Waals surface area contributed by atoms with Gasteiger partial charge >= 0.3 is 12.1 Å². The summed E-state index contributed by atoms with van der Waals surface area (Å²) in [6.07, 6.45) is 5.78. The van der Waals surface area contributed by atoms with E-state index in [-0.39, 0.29) is 12.5 Å². The average Bonchev–Trinajstić information content (AvgIpc) is 2.97. The molecule has 0 heterocycles. The van der Waals surface area contributed by atoms with Gasteiger partial charge in [-0.2, -0.15) is 0 Å². The van der Waals surface area contributed by atoms with Crippen molar-refractivity contribution in [3.63, 3.8) is 0 Å². The van der Waals surface area contributed by atoms with E-state index in [0.29, 0.717) is 4.43 Å². The number of carbonyl (C=O) groups excluding carboxylic acids is 2. The van der Waals surface area contributed by atoms with Crippen molar-refractivity contribution in [2.24, 2.45) is 0 Å². The third-order valence-corrected chi connectivity index (χ3v) is 5.64. The molecule has 5 nitrogen and oxygen atoms in total. The van der Waals surface area contributed by atoms with Crippen LogP contribution in [-0.2, 0) is 14.3 Å². The molecule has 0 saturated carbocycles. The maximum Gasteiger partial charge on any atom is 0.407 e.